The Balaban J connectivity index is 2.17. The number of alkyl halides is 1. The van der Waals surface area contributed by atoms with E-state index in [-0.39, 0.29) is 11.2 Å². The molecule has 0 amide bonds. The molecule has 2 aromatic carbocycles. The van der Waals surface area contributed by atoms with Gasteiger partial charge in [0.25, 0.3) is 0 Å². The zero-order valence-corrected chi connectivity index (χ0v) is 13.0. The van der Waals surface area contributed by atoms with Crippen molar-refractivity contribution >= 4 is 23.2 Å². The van der Waals surface area contributed by atoms with Crippen molar-refractivity contribution in [3.8, 4) is 0 Å². The van der Waals surface area contributed by atoms with Crippen molar-refractivity contribution in [2.24, 2.45) is 0 Å². The molecule has 0 aromatic heterocycles. The Labute approximate surface area is 129 Å². The average Bonchev–Trinajstić information content (AvgIpc) is 2.43. The molecule has 1 unspecified atom stereocenters. The molecule has 2 rings (SSSR count). The van der Waals surface area contributed by atoms with Crippen LogP contribution in [-0.4, -0.2) is 0 Å². The first kappa shape index (κ1) is 15.3. The van der Waals surface area contributed by atoms with Crippen LogP contribution >= 0.6 is 23.2 Å². The molecule has 106 valence electrons. The molecule has 0 nitrogen and oxygen atoms in total. The minimum Gasteiger partial charge on any atom is -0.207 e. The SMILES string of the molecule is CC(C)c1ccc(C(Cl)Cc2c(F)cccc2Cl)cc1. The van der Waals surface area contributed by atoms with Crippen LogP contribution < -0.4 is 0 Å². The first-order chi connectivity index (χ1) is 9.49. The van der Waals surface area contributed by atoms with E-state index in [1.165, 1.54) is 11.6 Å². The zero-order chi connectivity index (χ0) is 14.7. The second kappa shape index (κ2) is 6.60. The maximum atomic E-state index is 13.8. The van der Waals surface area contributed by atoms with E-state index >= 15 is 0 Å². The number of hydrogen-bond acceptors (Lipinski definition) is 0. The number of rotatable bonds is 4. The lowest BCUT2D eigenvalue weighted by atomic mass is 9.98. The van der Waals surface area contributed by atoms with Crippen molar-refractivity contribution in [2.75, 3.05) is 0 Å². The summed E-state index contributed by atoms with van der Waals surface area (Å²) in [5.74, 6) is 0.181. The third kappa shape index (κ3) is 3.53. The lowest BCUT2D eigenvalue weighted by Gasteiger charge is -2.13. The summed E-state index contributed by atoms with van der Waals surface area (Å²) in [4.78, 5) is 0. The summed E-state index contributed by atoms with van der Waals surface area (Å²) in [7, 11) is 0. The summed E-state index contributed by atoms with van der Waals surface area (Å²) >= 11 is 12.4. The number of halogens is 3. The highest BCUT2D eigenvalue weighted by Gasteiger charge is 2.14. The van der Waals surface area contributed by atoms with Crippen LogP contribution in [-0.2, 0) is 6.42 Å². The van der Waals surface area contributed by atoms with Gasteiger partial charge in [-0.05, 0) is 35.6 Å². The molecule has 0 aliphatic carbocycles. The van der Waals surface area contributed by atoms with Crippen molar-refractivity contribution in [3.63, 3.8) is 0 Å². The molecule has 0 radical (unpaired) electrons. The summed E-state index contributed by atoms with van der Waals surface area (Å²) in [6, 6.07) is 12.8. The molecule has 20 heavy (non-hydrogen) atoms. The van der Waals surface area contributed by atoms with Crippen LogP contribution in [0.3, 0.4) is 0 Å². The van der Waals surface area contributed by atoms with E-state index < -0.39 is 0 Å². The Kier molecular flexibility index (Phi) is 5.06. The normalized spacial score (nSPS) is 12.7. The summed E-state index contributed by atoms with van der Waals surface area (Å²) in [6.45, 7) is 4.29. The van der Waals surface area contributed by atoms with E-state index in [2.05, 4.69) is 26.0 Å². The van der Waals surface area contributed by atoms with Gasteiger partial charge in [-0.1, -0.05) is 55.8 Å². The Morgan fingerprint density at radius 1 is 1.00 bits per heavy atom. The summed E-state index contributed by atoms with van der Waals surface area (Å²) in [6.07, 6.45) is 0.383. The van der Waals surface area contributed by atoms with Gasteiger partial charge < -0.3 is 0 Å². The van der Waals surface area contributed by atoms with Gasteiger partial charge in [0.1, 0.15) is 5.82 Å². The van der Waals surface area contributed by atoms with Gasteiger partial charge in [-0.3, -0.25) is 0 Å². The van der Waals surface area contributed by atoms with E-state index in [0.717, 1.165) is 5.56 Å². The molecule has 0 N–H and O–H groups in total. The molecule has 0 saturated carbocycles. The predicted octanol–water partition coefficient (Wildman–Crippen LogP) is 6.13. The van der Waals surface area contributed by atoms with Crippen molar-refractivity contribution in [1.29, 1.82) is 0 Å². The maximum Gasteiger partial charge on any atom is 0.127 e. The average molecular weight is 311 g/mol. The van der Waals surface area contributed by atoms with E-state index in [9.17, 15) is 4.39 Å². The fourth-order valence-corrected chi connectivity index (χ4v) is 2.65. The van der Waals surface area contributed by atoms with Gasteiger partial charge in [-0.25, -0.2) is 4.39 Å². The van der Waals surface area contributed by atoms with Gasteiger partial charge in [0.2, 0.25) is 0 Å². The van der Waals surface area contributed by atoms with Crippen molar-refractivity contribution in [2.45, 2.75) is 31.6 Å². The van der Waals surface area contributed by atoms with E-state index in [4.69, 9.17) is 23.2 Å². The van der Waals surface area contributed by atoms with Crippen LogP contribution in [0, 0.1) is 5.82 Å². The fraction of sp³-hybridized carbons (Fsp3) is 0.294. The summed E-state index contributed by atoms with van der Waals surface area (Å²) in [5.41, 5.74) is 2.72. The molecule has 3 heteroatoms. The molecule has 1 atom stereocenters. The minimum atomic E-state index is -0.304. The third-order valence-electron chi connectivity index (χ3n) is 3.41. The highest BCUT2D eigenvalue weighted by Crippen LogP contribution is 2.30. The Hall–Kier alpha value is -1.05. The van der Waals surface area contributed by atoms with Gasteiger partial charge in [0.15, 0.2) is 0 Å². The second-order valence-corrected chi connectivity index (χ2v) is 6.13. The fourth-order valence-electron chi connectivity index (χ4n) is 2.11. The van der Waals surface area contributed by atoms with Gasteiger partial charge in [-0.15, -0.1) is 11.6 Å². The third-order valence-corrected chi connectivity index (χ3v) is 4.17. The standard InChI is InChI=1S/C17H17Cl2F/c1-11(2)12-6-8-13(9-7-12)16(19)10-14-15(18)4-3-5-17(14)20/h3-9,11,16H,10H2,1-2H3. The molecule has 2 aromatic rings. The predicted molar refractivity (Wildman–Crippen MR) is 84.2 cm³/mol. The van der Waals surface area contributed by atoms with Gasteiger partial charge in [0, 0.05) is 10.6 Å². The van der Waals surface area contributed by atoms with E-state index in [1.54, 1.807) is 12.1 Å². The lowest BCUT2D eigenvalue weighted by molar-refractivity contribution is 0.607. The van der Waals surface area contributed by atoms with Gasteiger partial charge in [0.05, 0.1) is 5.38 Å². The quantitative estimate of drug-likeness (QED) is 0.596. The first-order valence-electron chi connectivity index (χ1n) is 6.66. The second-order valence-electron chi connectivity index (χ2n) is 5.19. The maximum absolute atomic E-state index is 13.8. The first-order valence-corrected chi connectivity index (χ1v) is 7.47. The Morgan fingerprint density at radius 2 is 1.60 bits per heavy atom. The largest absolute Gasteiger partial charge is 0.207 e. The Morgan fingerprint density at radius 3 is 2.15 bits per heavy atom. The highest BCUT2D eigenvalue weighted by atomic mass is 35.5. The Bertz CT molecular complexity index is 556. The molecule has 0 bridgehead atoms. The molecular weight excluding hydrogens is 294 g/mol. The molecule has 0 aliphatic rings. The van der Waals surface area contributed by atoms with E-state index in [1.807, 2.05) is 12.1 Å². The van der Waals surface area contributed by atoms with Crippen LogP contribution in [0.4, 0.5) is 4.39 Å². The van der Waals surface area contributed by atoms with Crippen LogP contribution in [0.2, 0.25) is 5.02 Å². The topological polar surface area (TPSA) is 0 Å². The van der Waals surface area contributed by atoms with Crippen LogP contribution in [0.1, 0.15) is 41.8 Å². The van der Waals surface area contributed by atoms with E-state index in [0.29, 0.717) is 22.9 Å². The monoisotopic (exact) mass is 310 g/mol. The van der Waals surface area contributed by atoms with Gasteiger partial charge >= 0.3 is 0 Å². The van der Waals surface area contributed by atoms with Crippen LogP contribution in [0.5, 0.6) is 0 Å². The van der Waals surface area contributed by atoms with Crippen molar-refractivity contribution in [3.05, 3.63) is 70.0 Å². The van der Waals surface area contributed by atoms with Gasteiger partial charge in [-0.2, -0.15) is 0 Å². The summed E-state index contributed by atoms with van der Waals surface area (Å²) < 4.78 is 13.8. The zero-order valence-electron chi connectivity index (χ0n) is 11.5. The van der Waals surface area contributed by atoms with Crippen LogP contribution in [0.15, 0.2) is 42.5 Å². The lowest BCUT2D eigenvalue weighted by Crippen LogP contribution is -2.00. The van der Waals surface area contributed by atoms with Crippen molar-refractivity contribution < 1.29 is 4.39 Å². The molecule has 0 fully saturated rings. The molecule has 0 heterocycles. The summed E-state index contributed by atoms with van der Waals surface area (Å²) in [5, 5.41) is 0.139. The number of benzene rings is 2. The molecule has 0 spiro atoms. The molecule has 0 saturated heterocycles. The van der Waals surface area contributed by atoms with Crippen LogP contribution in [0.25, 0.3) is 0 Å². The number of hydrogen-bond donors (Lipinski definition) is 0. The highest BCUT2D eigenvalue weighted by molar-refractivity contribution is 6.31. The molecule has 0 aliphatic heterocycles. The molecular formula is C17H17Cl2F. The van der Waals surface area contributed by atoms with Crippen molar-refractivity contribution in [1.82, 2.24) is 0 Å². The smallest absolute Gasteiger partial charge is 0.127 e. The minimum absolute atomic E-state index is 0.286.